The van der Waals surface area contributed by atoms with Crippen LogP contribution in [0.1, 0.15) is 134 Å². The van der Waals surface area contributed by atoms with E-state index in [1.165, 1.54) is 83.0 Å². The van der Waals surface area contributed by atoms with Crippen molar-refractivity contribution in [2.24, 2.45) is 0 Å². The number of unbranched alkanes of at least 4 members (excludes halogenated alkanes) is 5. The first-order chi connectivity index (χ1) is 24.6. The third kappa shape index (κ3) is 6.32. The van der Waals surface area contributed by atoms with Crippen LogP contribution in [-0.4, -0.2) is 36.6 Å². The summed E-state index contributed by atoms with van der Waals surface area (Å²) in [5, 5.41) is 0. The number of hydrogen-bond donors (Lipinski definition) is 0. The molecule has 0 unspecified atom stereocenters. The highest BCUT2D eigenvalue weighted by atomic mass is 16.7. The summed E-state index contributed by atoms with van der Waals surface area (Å²) in [6.45, 7) is 21.4. The molecule has 4 aromatic carbocycles. The van der Waals surface area contributed by atoms with Crippen molar-refractivity contribution >= 4 is 25.2 Å². The van der Waals surface area contributed by atoms with E-state index in [0.717, 1.165) is 17.3 Å². The highest BCUT2D eigenvalue weighted by molar-refractivity contribution is 6.62. The summed E-state index contributed by atoms with van der Waals surface area (Å²) in [5.74, 6) is 0. The van der Waals surface area contributed by atoms with Crippen LogP contribution in [0.5, 0.6) is 0 Å². The van der Waals surface area contributed by atoms with E-state index in [1.807, 2.05) is 0 Å². The Morgan fingerprint density at radius 1 is 0.481 bits per heavy atom. The second-order valence-electron chi connectivity index (χ2n) is 17.6. The van der Waals surface area contributed by atoms with E-state index in [9.17, 15) is 0 Å². The molecule has 0 saturated carbocycles. The summed E-state index contributed by atoms with van der Waals surface area (Å²) in [6.07, 6.45) is 8.92. The topological polar surface area (TPSA) is 36.9 Å². The smallest absolute Gasteiger partial charge is 0.399 e. The molecule has 2 aliphatic heterocycles. The maximum absolute atomic E-state index is 6.64. The van der Waals surface area contributed by atoms with Crippen molar-refractivity contribution in [2.75, 3.05) is 0 Å². The number of hydrogen-bond acceptors (Lipinski definition) is 4. The summed E-state index contributed by atoms with van der Waals surface area (Å²) >= 11 is 0. The van der Waals surface area contributed by atoms with E-state index in [1.54, 1.807) is 0 Å². The normalized spacial score (nSPS) is 20.3. The lowest BCUT2D eigenvalue weighted by Gasteiger charge is -2.34. The average Bonchev–Trinajstić information content (AvgIpc) is 3.61. The van der Waals surface area contributed by atoms with Gasteiger partial charge in [-0.1, -0.05) is 130 Å². The fourth-order valence-corrected chi connectivity index (χ4v) is 8.23. The average molecular weight is 697 g/mol. The van der Waals surface area contributed by atoms with Gasteiger partial charge in [-0.05, 0) is 125 Å². The summed E-state index contributed by atoms with van der Waals surface area (Å²) in [4.78, 5) is 0. The molecule has 1 aliphatic carbocycles. The van der Waals surface area contributed by atoms with Gasteiger partial charge in [0.05, 0.1) is 27.8 Å². The van der Waals surface area contributed by atoms with Crippen LogP contribution in [0.3, 0.4) is 0 Å². The predicted molar refractivity (Wildman–Crippen MR) is 217 cm³/mol. The minimum atomic E-state index is -0.587. The van der Waals surface area contributed by atoms with Crippen molar-refractivity contribution < 1.29 is 18.6 Å². The van der Waals surface area contributed by atoms with E-state index in [0.29, 0.717) is 0 Å². The van der Waals surface area contributed by atoms with Gasteiger partial charge in [-0.2, -0.15) is 0 Å². The molecule has 0 aromatic heterocycles. The zero-order chi connectivity index (χ0) is 37.1. The van der Waals surface area contributed by atoms with Crippen molar-refractivity contribution in [1.82, 2.24) is 0 Å². The first-order valence-corrected chi connectivity index (χ1v) is 19.8. The molecule has 2 fully saturated rings. The molecule has 4 aromatic rings. The van der Waals surface area contributed by atoms with E-state index in [-0.39, 0.29) is 0 Å². The third-order valence-electron chi connectivity index (χ3n) is 12.9. The molecule has 2 saturated heterocycles. The van der Waals surface area contributed by atoms with Gasteiger partial charge in [0.15, 0.2) is 0 Å². The Balaban J connectivity index is 1.39. The Bertz CT molecular complexity index is 1790. The zero-order valence-electron chi connectivity index (χ0n) is 33.3. The van der Waals surface area contributed by atoms with Crippen LogP contribution < -0.4 is 10.9 Å². The van der Waals surface area contributed by atoms with Gasteiger partial charge in [-0.15, -0.1) is 0 Å². The Morgan fingerprint density at radius 2 is 0.885 bits per heavy atom. The second kappa shape index (κ2) is 13.6. The first kappa shape index (κ1) is 37.2. The van der Waals surface area contributed by atoms with Gasteiger partial charge in [0, 0.05) is 0 Å². The molecule has 272 valence electrons. The van der Waals surface area contributed by atoms with Gasteiger partial charge >= 0.3 is 14.2 Å². The molecule has 3 aliphatic rings. The lowest BCUT2D eigenvalue weighted by atomic mass is 9.65. The molecule has 0 amide bonds. The van der Waals surface area contributed by atoms with Crippen molar-refractivity contribution in [3.8, 4) is 11.1 Å². The molecular formula is C46H58B2O4. The molecule has 4 nitrogen and oxygen atoms in total. The molecule has 7 rings (SSSR count). The Kier molecular flexibility index (Phi) is 9.73. The Hall–Kier alpha value is -3.15. The van der Waals surface area contributed by atoms with E-state index >= 15 is 0 Å². The van der Waals surface area contributed by atoms with Crippen LogP contribution in [0.15, 0.2) is 84.9 Å². The van der Waals surface area contributed by atoms with Crippen LogP contribution >= 0.6 is 0 Å². The van der Waals surface area contributed by atoms with Crippen LogP contribution in [-0.2, 0) is 30.5 Å². The molecule has 2 heterocycles. The van der Waals surface area contributed by atoms with Gasteiger partial charge in [0.1, 0.15) is 0 Å². The van der Waals surface area contributed by atoms with Crippen LogP contribution in [0.2, 0.25) is 0 Å². The van der Waals surface area contributed by atoms with Crippen LogP contribution in [0, 0.1) is 6.92 Å². The molecule has 0 N–H and O–H groups in total. The molecular weight excluding hydrogens is 638 g/mol. The van der Waals surface area contributed by atoms with E-state index in [4.69, 9.17) is 18.6 Å². The molecule has 52 heavy (non-hydrogen) atoms. The van der Waals surface area contributed by atoms with Gasteiger partial charge in [0.2, 0.25) is 0 Å². The van der Waals surface area contributed by atoms with Crippen LogP contribution in [0.25, 0.3) is 11.1 Å². The van der Waals surface area contributed by atoms with Gasteiger partial charge in [-0.25, -0.2) is 0 Å². The standard InChI is InChI=1S/C46H58B2O4/c1-11-12-13-14-15-16-17-33-20-24-35(25-21-33)46(34-22-18-32(2)19-23-34)40-30-36(47-49-42(3,4)43(5,6)50-47)26-28-38(40)39-29-27-37(31-41(39)46)48-51-44(7,8)45(9,10)52-48/h18-31H,11-17H2,1-10H3. The Labute approximate surface area is 314 Å². The summed E-state index contributed by atoms with van der Waals surface area (Å²) in [7, 11) is -0.926. The maximum atomic E-state index is 6.64. The van der Waals surface area contributed by atoms with Crippen molar-refractivity contribution in [2.45, 2.75) is 142 Å². The first-order valence-electron chi connectivity index (χ1n) is 19.8. The van der Waals surface area contributed by atoms with Gasteiger partial charge < -0.3 is 18.6 Å². The number of fused-ring (bicyclic) bond motifs is 3. The zero-order valence-corrected chi connectivity index (χ0v) is 33.3. The van der Waals surface area contributed by atoms with Crippen molar-refractivity contribution in [3.63, 3.8) is 0 Å². The largest absolute Gasteiger partial charge is 0.494 e. The van der Waals surface area contributed by atoms with Gasteiger partial charge in [0.25, 0.3) is 0 Å². The van der Waals surface area contributed by atoms with Crippen LogP contribution in [0.4, 0.5) is 0 Å². The molecule has 0 bridgehead atoms. The second-order valence-corrected chi connectivity index (χ2v) is 17.6. The molecule has 6 heteroatoms. The summed E-state index contributed by atoms with van der Waals surface area (Å²) in [6, 6.07) is 32.3. The monoisotopic (exact) mass is 696 g/mol. The maximum Gasteiger partial charge on any atom is 0.494 e. The minimum absolute atomic E-state index is 0.433. The minimum Gasteiger partial charge on any atom is -0.399 e. The SMILES string of the molecule is CCCCCCCCc1ccc(C2(c3ccc(C)cc3)c3cc(B4OC(C)(C)C(C)(C)O4)ccc3-c3ccc(B4OC(C)(C)C(C)(C)O4)cc32)cc1. The fourth-order valence-electron chi connectivity index (χ4n) is 8.23. The Morgan fingerprint density at radius 3 is 1.33 bits per heavy atom. The lowest BCUT2D eigenvalue weighted by Crippen LogP contribution is -2.41. The number of benzene rings is 4. The number of aryl methyl sites for hydroxylation is 2. The quantitative estimate of drug-likeness (QED) is 0.102. The van der Waals surface area contributed by atoms with E-state index < -0.39 is 42.1 Å². The summed E-state index contributed by atoms with van der Waals surface area (Å²) < 4.78 is 26.5. The highest BCUT2D eigenvalue weighted by Gasteiger charge is 2.55. The third-order valence-corrected chi connectivity index (χ3v) is 12.9. The van der Waals surface area contributed by atoms with Crippen molar-refractivity contribution in [3.05, 3.63) is 118 Å². The van der Waals surface area contributed by atoms with Gasteiger partial charge in [-0.3, -0.25) is 0 Å². The molecule has 0 radical (unpaired) electrons. The number of rotatable bonds is 11. The van der Waals surface area contributed by atoms with E-state index in [2.05, 4.69) is 154 Å². The highest BCUT2D eigenvalue weighted by Crippen LogP contribution is 2.56. The lowest BCUT2D eigenvalue weighted by molar-refractivity contribution is 0.00578. The molecule has 0 spiro atoms. The van der Waals surface area contributed by atoms with Crippen molar-refractivity contribution in [1.29, 1.82) is 0 Å². The predicted octanol–water partition coefficient (Wildman–Crippen LogP) is 9.86. The molecule has 0 atom stereocenters. The summed E-state index contributed by atoms with van der Waals surface area (Å²) in [5.41, 5.74) is 9.82. The fraction of sp³-hybridized carbons (Fsp3) is 0.478.